The van der Waals surface area contributed by atoms with E-state index in [1.54, 1.807) is 0 Å². The summed E-state index contributed by atoms with van der Waals surface area (Å²) in [5, 5.41) is 3.63. The third kappa shape index (κ3) is 3.72. The van der Waals surface area contributed by atoms with Crippen LogP contribution >= 0.6 is 0 Å². The molecule has 1 N–H and O–H groups in total. The van der Waals surface area contributed by atoms with Gasteiger partial charge in [0.1, 0.15) is 0 Å². The molecule has 2 heteroatoms. The van der Waals surface area contributed by atoms with Crippen LogP contribution in [0.4, 0.5) is 0 Å². The van der Waals surface area contributed by atoms with Crippen LogP contribution in [0, 0.1) is 0 Å². The summed E-state index contributed by atoms with van der Waals surface area (Å²) in [6, 6.07) is 22.7. The Morgan fingerprint density at radius 1 is 0.952 bits per heavy atom. The maximum absolute atomic E-state index is 3.63. The molecule has 1 saturated heterocycles. The molecule has 1 aliphatic rings. The third-order valence-electron chi connectivity index (χ3n) is 4.43. The molecule has 0 aromatic heterocycles. The Balaban J connectivity index is 1.73. The van der Waals surface area contributed by atoms with Crippen LogP contribution < -0.4 is 5.32 Å². The average molecular weight is 280 g/mol. The van der Waals surface area contributed by atoms with Crippen LogP contribution in [0.1, 0.15) is 18.1 Å². The summed E-state index contributed by atoms with van der Waals surface area (Å²) in [5.74, 6) is 0. The predicted molar refractivity (Wildman–Crippen MR) is 88.3 cm³/mol. The van der Waals surface area contributed by atoms with Gasteiger partial charge in [-0.1, -0.05) is 60.7 Å². The van der Waals surface area contributed by atoms with E-state index < -0.39 is 0 Å². The molecule has 1 fully saturated rings. The highest BCUT2D eigenvalue weighted by atomic mass is 15.2. The van der Waals surface area contributed by atoms with E-state index in [2.05, 4.69) is 77.8 Å². The van der Waals surface area contributed by atoms with E-state index in [-0.39, 0.29) is 0 Å². The van der Waals surface area contributed by atoms with Crippen LogP contribution in [0.15, 0.2) is 60.7 Å². The summed E-state index contributed by atoms with van der Waals surface area (Å²) >= 11 is 0. The fourth-order valence-corrected chi connectivity index (χ4v) is 3.23. The van der Waals surface area contributed by atoms with Gasteiger partial charge in [-0.3, -0.25) is 4.90 Å². The third-order valence-corrected chi connectivity index (χ3v) is 4.43. The van der Waals surface area contributed by atoms with E-state index in [0.717, 1.165) is 26.1 Å². The summed E-state index contributed by atoms with van der Waals surface area (Å²) in [5.41, 5.74) is 2.83. The van der Waals surface area contributed by atoms with Gasteiger partial charge in [0, 0.05) is 31.7 Å². The summed E-state index contributed by atoms with van der Waals surface area (Å²) < 4.78 is 0. The molecule has 110 valence electrons. The van der Waals surface area contributed by atoms with E-state index >= 15 is 0 Å². The molecule has 0 bridgehead atoms. The Labute approximate surface area is 127 Å². The molecule has 0 amide bonds. The predicted octanol–water partition coefficient (Wildman–Crippen LogP) is 3.09. The zero-order chi connectivity index (χ0) is 14.5. The molecule has 2 nitrogen and oxygen atoms in total. The van der Waals surface area contributed by atoms with Crippen molar-refractivity contribution in [3.8, 4) is 0 Å². The maximum atomic E-state index is 3.63. The van der Waals surface area contributed by atoms with Crippen LogP contribution in [0.25, 0.3) is 0 Å². The largest absolute Gasteiger partial charge is 0.311 e. The number of rotatable bonds is 4. The van der Waals surface area contributed by atoms with Crippen molar-refractivity contribution in [3.05, 3.63) is 71.8 Å². The smallest absolute Gasteiger partial charge is 0.0291 e. The lowest BCUT2D eigenvalue weighted by Gasteiger charge is -2.41. The molecule has 3 rings (SSSR count). The summed E-state index contributed by atoms with van der Waals surface area (Å²) in [7, 11) is 0. The van der Waals surface area contributed by atoms with E-state index in [1.807, 2.05) is 0 Å². The average Bonchev–Trinajstić information content (AvgIpc) is 2.53. The van der Waals surface area contributed by atoms with Crippen LogP contribution in [0.2, 0.25) is 0 Å². The first kappa shape index (κ1) is 14.3. The molecule has 2 unspecified atom stereocenters. The molecule has 1 aliphatic heterocycles. The monoisotopic (exact) mass is 280 g/mol. The maximum Gasteiger partial charge on any atom is 0.0291 e. The highest BCUT2D eigenvalue weighted by molar-refractivity contribution is 5.18. The second-order valence-electron chi connectivity index (χ2n) is 5.96. The van der Waals surface area contributed by atoms with Gasteiger partial charge < -0.3 is 5.32 Å². The van der Waals surface area contributed by atoms with Crippen molar-refractivity contribution in [2.45, 2.75) is 32.0 Å². The van der Waals surface area contributed by atoms with Crippen molar-refractivity contribution in [3.63, 3.8) is 0 Å². The van der Waals surface area contributed by atoms with Gasteiger partial charge in [-0.05, 0) is 24.5 Å². The Kier molecular flexibility index (Phi) is 4.69. The lowest BCUT2D eigenvalue weighted by Crippen LogP contribution is -2.57. The molecule has 2 aromatic carbocycles. The van der Waals surface area contributed by atoms with Gasteiger partial charge in [0.25, 0.3) is 0 Å². The van der Waals surface area contributed by atoms with Crippen LogP contribution in [0.3, 0.4) is 0 Å². The lowest BCUT2D eigenvalue weighted by atomic mass is 9.96. The Bertz CT molecular complexity index is 538. The fraction of sp³-hybridized carbons (Fsp3) is 0.368. The van der Waals surface area contributed by atoms with Gasteiger partial charge in [-0.15, -0.1) is 0 Å². The van der Waals surface area contributed by atoms with Crippen molar-refractivity contribution in [1.29, 1.82) is 0 Å². The molecular formula is C19H24N2. The molecule has 0 saturated carbocycles. The first-order valence-corrected chi connectivity index (χ1v) is 7.88. The Hall–Kier alpha value is -1.64. The van der Waals surface area contributed by atoms with Crippen molar-refractivity contribution >= 4 is 0 Å². The Morgan fingerprint density at radius 3 is 2.24 bits per heavy atom. The van der Waals surface area contributed by atoms with Crippen LogP contribution in [0.5, 0.6) is 0 Å². The second kappa shape index (κ2) is 6.88. The number of nitrogens with one attached hydrogen (secondary N) is 1. The van der Waals surface area contributed by atoms with Crippen LogP contribution in [-0.2, 0) is 13.0 Å². The number of hydrogen-bond acceptors (Lipinski definition) is 2. The molecule has 21 heavy (non-hydrogen) atoms. The molecule has 2 aromatic rings. The van der Waals surface area contributed by atoms with Gasteiger partial charge in [0.2, 0.25) is 0 Å². The van der Waals surface area contributed by atoms with E-state index in [4.69, 9.17) is 0 Å². The zero-order valence-electron chi connectivity index (χ0n) is 12.7. The molecule has 0 radical (unpaired) electrons. The second-order valence-corrected chi connectivity index (χ2v) is 5.96. The molecule has 0 spiro atoms. The van der Waals surface area contributed by atoms with Crippen molar-refractivity contribution in [2.24, 2.45) is 0 Å². The highest BCUT2D eigenvalue weighted by Gasteiger charge is 2.28. The van der Waals surface area contributed by atoms with Gasteiger partial charge in [-0.25, -0.2) is 0 Å². The molecule has 1 heterocycles. The van der Waals surface area contributed by atoms with Gasteiger partial charge in [0.15, 0.2) is 0 Å². The Morgan fingerprint density at radius 2 is 1.57 bits per heavy atom. The quantitative estimate of drug-likeness (QED) is 0.926. The minimum atomic E-state index is 0.530. The molecular weight excluding hydrogens is 256 g/mol. The van der Waals surface area contributed by atoms with Crippen LogP contribution in [-0.4, -0.2) is 30.1 Å². The summed E-state index contributed by atoms with van der Waals surface area (Å²) in [6.07, 6.45) is 1.11. The fourth-order valence-electron chi connectivity index (χ4n) is 3.23. The van der Waals surface area contributed by atoms with E-state index in [9.17, 15) is 0 Å². The van der Waals surface area contributed by atoms with E-state index in [0.29, 0.717) is 12.1 Å². The topological polar surface area (TPSA) is 15.3 Å². The zero-order valence-corrected chi connectivity index (χ0v) is 12.7. The van der Waals surface area contributed by atoms with Gasteiger partial charge in [-0.2, -0.15) is 0 Å². The number of hydrogen-bond donors (Lipinski definition) is 1. The first-order chi connectivity index (χ1) is 10.3. The lowest BCUT2D eigenvalue weighted by molar-refractivity contribution is 0.117. The first-order valence-electron chi connectivity index (χ1n) is 7.88. The minimum Gasteiger partial charge on any atom is -0.311 e. The van der Waals surface area contributed by atoms with Crippen molar-refractivity contribution in [2.75, 3.05) is 13.1 Å². The van der Waals surface area contributed by atoms with Crippen molar-refractivity contribution in [1.82, 2.24) is 10.2 Å². The van der Waals surface area contributed by atoms with Gasteiger partial charge >= 0.3 is 0 Å². The molecule has 0 aliphatic carbocycles. The molecule has 2 atom stereocenters. The minimum absolute atomic E-state index is 0.530. The SMILES string of the molecule is CC1NCCN(Cc2ccccc2)C1Cc1ccccc1. The van der Waals surface area contributed by atoms with Gasteiger partial charge in [0.05, 0.1) is 0 Å². The summed E-state index contributed by atoms with van der Waals surface area (Å²) in [4.78, 5) is 2.63. The van der Waals surface area contributed by atoms with Crippen molar-refractivity contribution < 1.29 is 0 Å². The number of benzene rings is 2. The number of nitrogens with zero attached hydrogens (tertiary/aromatic N) is 1. The summed E-state index contributed by atoms with van der Waals surface area (Å²) in [6.45, 7) is 5.56. The number of piperazine rings is 1. The standard InChI is InChI=1S/C19H24N2/c1-16-19(14-17-8-4-2-5-9-17)21(13-12-20-16)15-18-10-6-3-7-11-18/h2-11,16,19-20H,12-15H2,1H3. The highest BCUT2D eigenvalue weighted by Crippen LogP contribution is 2.18. The normalized spacial score (nSPS) is 23.1. The van der Waals surface area contributed by atoms with E-state index in [1.165, 1.54) is 11.1 Å².